The molecule has 0 saturated carbocycles. The van der Waals surface area contributed by atoms with Crippen LogP contribution in [0, 0.1) is 0 Å². The van der Waals surface area contributed by atoms with Crippen LogP contribution in [0.1, 0.15) is 23.3 Å². The predicted molar refractivity (Wildman–Crippen MR) is 77.1 cm³/mol. The van der Waals surface area contributed by atoms with Crippen LogP contribution in [-0.4, -0.2) is 24.0 Å². The fourth-order valence-electron chi connectivity index (χ4n) is 1.07. The Balaban J connectivity index is 0. The van der Waals surface area contributed by atoms with Crippen LogP contribution < -0.4 is 11.1 Å². The Kier molecular flexibility index (Phi) is 12.0. The van der Waals surface area contributed by atoms with Crippen molar-refractivity contribution in [3.63, 3.8) is 0 Å². The summed E-state index contributed by atoms with van der Waals surface area (Å²) >= 11 is 3.26. The monoisotopic (exact) mass is 343 g/mol. The topological polar surface area (TPSA) is 68.0 Å². The van der Waals surface area contributed by atoms with Gasteiger partial charge in [-0.05, 0) is 47.4 Å². The molecule has 98 valence electrons. The Bertz CT molecular complexity index is 322. The smallest absolute Gasteiger partial charge is 0.269 e. The van der Waals surface area contributed by atoms with Gasteiger partial charge < -0.3 is 11.1 Å². The molecule has 1 rings (SSSR count). The second-order valence-electron chi connectivity index (χ2n) is 3.11. The Morgan fingerprint density at radius 2 is 2.06 bits per heavy atom. The third kappa shape index (κ3) is 7.54. The second-order valence-corrected chi connectivity index (χ2v) is 4.03. The summed E-state index contributed by atoms with van der Waals surface area (Å²) in [5.74, 6) is -0.139. The standard InChI is InChI=1S/C10H14BrN3O.2ClH/c11-8-3-4-9(14-7-8)10(15)13-6-2-1-5-12;;/h3-4,7H,1-2,5-6,12H2,(H,13,15);2*1H. The van der Waals surface area contributed by atoms with E-state index in [1.807, 2.05) is 0 Å². The zero-order valence-corrected chi connectivity index (χ0v) is 12.4. The third-order valence-electron chi connectivity index (χ3n) is 1.88. The highest BCUT2D eigenvalue weighted by molar-refractivity contribution is 9.10. The first-order valence-corrected chi connectivity index (χ1v) is 5.63. The van der Waals surface area contributed by atoms with Crippen molar-refractivity contribution in [1.29, 1.82) is 0 Å². The summed E-state index contributed by atoms with van der Waals surface area (Å²) in [5, 5.41) is 2.78. The van der Waals surface area contributed by atoms with Crippen LogP contribution in [-0.2, 0) is 0 Å². The van der Waals surface area contributed by atoms with Crippen LogP contribution in [0.25, 0.3) is 0 Å². The Labute approximate surface area is 122 Å². The normalized spacial score (nSPS) is 8.82. The van der Waals surface area contributed by atoms with E-state index in [4.69, 9.17) is 5.73 Å². The summed E-state index contributed by atoms with van der Waals surface area (Å²) < 4.78 is 0.863. The number of amides is 1. The first-order valence-electron chi connectivity index (χ1n) is 4.84. The van der Waals surface area contributed by atoms with Crippen LogP contribution in [0.4, 0.5) is 0 Å². The molecule has 0 unspecified atom stereocenters. The van der Waals surface area contributed by atoms with Crippen molar-refractivity contribution in [1.82, 2.24) is 10.3 Å². The highest BCUT2D eigenvalue weighted by Crippen LogP contribution is 2.07. The number of carbonyl (C=O) groups is 1. The molecule has 3 N–H and O–H groups in total. The van der Waals surface area contributed by atoms with Crippen molar-refractivity contribution >= 4 is 46.7 Å². The lowest BCUT2D eigenvalue weighted by molar-refractivity contribution is 0.0948. The van der Waals surface area contributed by atoms with Gasteiger partial charge in [0.05, 0.1) is 0 Å². The second kappa shape index (κ2) is 10.8. The summed E-state index contributed by atoms with van der Waals surface area (Å²) in [5.41, 5.74) is 5.78. The quantitative estimate of drug-likeness (QED) is 0.804. The van der Waals surface area contributed by atoms with Crippen molar-refractivity contribution in [3.05, 3.63) is 28.5 Å². The van der Waals surface area contributed by atoms with Crippen molar-refractivity contribution < 1.29 is 4.79 Å². The predicted octanol–water partition coefficient (Wildman–Crippen LogP) is 2.16. The van der Waals surface area contributed by atoms with E-state index < -0.39 is 0 Å². The lowest BCUT2D eigenvalue weighted by atomic mass is 10.3. The van der Waals surface area contributed by atoms with E-state index in [1.54, 1.807) is 18.3 Å². The van der Waals surface area contributed by atoms with Gasteiger partial charge in [-0.1, -0.05) is 0 Å². The van der Waals surface area contributed by atoms with E-state index >= 15 is 0 Å². The maximum atomic E-state index is 11.5. The zero-order chi connectivity index (χ0) is 11.1. The van der Waals surface area contributed by atoms with Crippen molar-refractivity contribution in [2.24, 2.45) is 5.73 Å². The zero-order valence-electron chi connectivity index (χ0n) is 9.19. The van der Waals surface area contributed by atoms with Gasteiger partial charge in [0, 0.05) is 17.2 Å². The molecule has 0 saturated heterocycles. The molecule has 4 nitrogen and oxygen atoms in total. The molecule has 17 heavy (non-hydrogen) atoms. The van der Waals surface area contributed by atoms with E-state index in [0.29, 0.717) is 18.8 Å². The molecular weight excluding hydrogens is 329 g/mol. The largest absolute Gasteiger partial charge is 0.351 e. The first kappa shape index (κ1) is 19.0. The van der Waals surface area contributed by atoms with E-state index in [9.17, 15) is 4.79 Å². The number of carbonyl (C=O) groups excluding carboxylic acids is 1. The number of rotatable bonds is 5. The number of hydrogen-bond donors (Lipinski definition) is 2. The van der Waals surface area contributed by atoms with Crippen molar-refractivity contribution in [2.45, 2.75) is 12.8 Å². The number of pyridine rings is 1. The summed E-state index contributed by atoms with van der Waals surface area (Å²) in [6.07, 6.45) is 3.43. The molecule has 0 fully saturated rings. The van der Waals surface area contributed by atoms with Gasteiger partial charge >= 0.3 is 0 Å². The highest BCUT2D eigenvalue weighted by atomic mass is 79.9. The van der Waals surface area contributed by atoms with Gasteiger partial charge in [0.25, 0.3) is 5.91 Å². The number of nitrogens with zero attached hydrogens (tertiary/aromatic N) is 1. The molecule has 0 atom stereocenters. The molecule has 7 heteroatoms. The number of unbranched alkanes of at least 4 members (excludes halogenated alkanes) is 1. The molecule has 0 aliphatic carbocycles. The van der Waals surface area contributed by atoms with Crippen molar-refractivity contribution in [3.8, 4) is 0 Å². The van der Waals surface area contributed by atoms with Crippen LogP contribution in [0.15, 0.2) is 22.8 Å². The SMILES string of the molecule is Cl.Cl.NCCCCNC(=O)c1ccc(Br)cn1. The summed E-state index contributed by atoms with van der Waals surface area (Å²) in [7, 11) is 0. The Hall–Kier alpha value is -0.360. The van der Waals surface area contributed by atoms with Crippen LogP contribution in [0.3, 0.4) is 0 Å². The van der Waals surface area contributed by atoms with Crippen molar-refractivity contribution in [2.75, 3.05) is 13.1 Å². The Morgan fingerprint density at radius 1 is 1.35 bits per heavy atom. The van der Waals surface area contributed by atoms with Crippen LogP contribution in [0.2, 0.25) is 0 Å². The molecule has 0 aromatic carbocycles. The number of nitrogens with two attached hydrogens (primary N) is 1. The average molecular weight is 345 g/mol. The molecule has 1 aromatic heterocycles. The van der Waals surface area contributed by atoms with Gasteiger partial charge in [0.2, 0.25) is 0 Å². The van der Waals surface area contributed by atoms with Gasteiger partial charge in [-0.15, -0.1) is 24.8 Å². The average Bonchev–Trinajstić information content (AvgIpc) is 2.25. The fraction of sp³-hybridized carbons (Fsp3) is 0.400. The van der Waals surface area contributed by atoms with E-state index in [2.05, 4.69) is 26.2 Å². The van der Waals surface area contributed by atoms with Gasteiger partial charge in [0.15, 0.2) is 0 Å². The minimum absolute atomic E-state index is 0. The van der Waals surface area contributed by atoms with Gasteiger partial charge in [0.1, 0.15) is 5.69 Å². The summed E-state index contributed by atoms with van der Waals surface area (Å²) in [6, 6.07) is 3.48. The highest BCUT2D eigenvalue weighted by Gasteiger charge is 2.04. The lowest BCUT2D eigenvalue weighted by Gasteiger charge is -2.03. The molecule has 0 spiro atoms. The summed E-state index contributed by atoms with van der Waals surface area (Å²) in [4.78, 5) is 15.5. The van der Waals surface area contributed by atoms with Gasteiger partial charge in [-0.2, -0.15) is 0 Å². The first-order chi connectivity index (χ1) is 7.24. The molecule has 1 amide bonds. The minimum atomic E-state index is -0.139. The van der Waals surface area contributed by atoms with E-state index in [1.165, 1.54) is 0 Å². The van der Waals surface area contributed by atoms with E-state index in [-0.39, 0.29) is 30.7 Å². The molecule has 1 heterocycles. The molecule has 0 radical (unpaired) electrons. The number of aromatic nitrogens is 1. The third-order valence-corrected chi connectivity index (χ3v) is 2.35. The number of hydrogen-bond acceptors (Lipinski definition) is 3. The van der Waals surface area contributed by atoms with Crippen LogP contribution in [0.5, 0.6) is 0 Å². The Morgan fingerprint density at radius 3 is 2.59 bits per heavy atom. The molecular formula is C10H16BrCl2N3O. The maximum Gasteiger partial charge on any atom is 0.269 e. The van der Waals surface area contributed by atoms with Gasteiger partial charge in [-0.25, -0.2) is 4.98 Å². The molecule has 1 aromatic rings. The molecule has 0 aliphatic heterocycles. The molecule has 0 aliphatic rings. The minimum Gasteiger partial charge on any atom is -0.351 e. The van der Waals surface area contributed by atoms with Gasteiger partial charge in [-0.3, -0.25) is 4.79 Å². The molecule has 0 bridgehead atoms. The van der Waals surface area contributed by atoms with Crippen LogP contribution >= 0.6 is 40.7 Å². The van der Waals surface area contributed by atoms with E-state index in [0.717, 1.165) is 17.3 Å². The fourth-order valence-corrected chi connectivity index (χ4v) is 1.31. The number of halogens is 3. The number of nitrogens with one attached hydrogen (secondary N) is 1. The summed E-state index contributed by atoms with van der Waals surface area (Å²) in [6.45, 7) is 1.31. The maximum absolute atomic E-state index is 11.5. The lowest BCUT2D eigenvalue weighted by Crippen LogP contribution is -2.25.